The Kier molecular flexibility index (Phi) is 2.26. The maximum atomic E-state index is 4.32. The Hall–Kier alpha value is -1.61. The van der Waals surface area contributed by atoms with Crippen molar-refractivity contribution in [2.24, 2.45) is 5.92 Å². The molecule has 2 aromatic rings. The molecule has 3 heteroatoms. The predicted molar refractivity (Wildman–Crippen MR) is 64.9 cm³/mol. The number of nitrogens with two attached hydrogens (primary N) is 1. The lowest BCUT2D eigenvalue weighted by Crippen LogP contribution is -2.86. The molecule has 0 unspecified atom stereocenters. The van der Waals surface area contributed by atoms with E-state index in [1.807, 2.05) is 12.3 Å². The molecule has 0 amide bonds. The summed E-state index contributed by atoms with van der Waals surface area (Å²) in [5.41, 5.74) is 3.72. The molecular weight excluding hydrogens is 198 g/mol. The van der Waals surface area contributed by atoms with Gasteiger partial charge in [-0.1, -0.05) is 13.0 Å². The first-order valence-electron chi connectivity index (χ1n) is 5.79. The molecule has 0 saturated heterocycles. The molecule has 3 heterocycles. The Morgan fingerprint density at radius 1 is 1.50 bits per heavy atom. The van der Waals surface area contributed by atoms with Gasteiger partial charge >= 0.3 is 0 Å². The lowest BCUT2D eigenvalue weighted by atomic mass is 9.97. The SMILES string of the molecule is C[C@@H]1C=C(c2c[nH]c3ncccc23)C[NH2+]C1. The van der Waals surface area contributed by atoms with Gasteiger partial charge in [-0.15, -0.1) is 0 Å². The normalized spacial score (nSPS) is 21.1. The first-order valence-corrected chi connectivity index (χ1v) is 5.79. The Labute approximate surface area is 94.6 Å². The fourth-order valence-corrected chi connectivity index (χ4v) is 2.40. The maximum absolute atomic E-state index is 4.32. The van der Waals surface area contributed by atoms with E-state index in [0.717, 1.165) is 12.2 Å². The molecule has 2 aromatic heterocycles. The molecule has 0 saturated carbocycles. The molecule has 1 aliphatic heterocycles. The van der Waals surface area contributed by atoms with Crippen molar-refractivity contribution in [2.75, 3.05) is 13.1 Å². The average Bonchev–Trinajstić information content (AvgIpc) is 2.72. The van der Waals surface area contributed by atoms with Crippen molar-refractivity contribution in [1.29, 1.82) is 0 Å². The summed E-state index contributed by atoms with van der Waals surface area (Å²) in [5.74, 6) is 0.658. The standard InChI is InChI=1S/C13H15N3/c1-9-5-10(7-14-6-9)12-8-16-13-11(12)3-2-4-15-13/h2-5,8-9,14H,6-7H2,1H3,(H,15,16)/p+1/t9-/m1/s1. The van der Waals surface area contributed by atoms with E-state index in [2.05, 4.69) is 40.5 Å². The smallest absolute Gasteiger partial charge is 0.137 e. The van der Waals surface area contributed by atoms with E-state index >= 15 is 0 Å². The van der Waals surface area contributed by atoms with Gasteiger partial charge in [-0.25, -0.2) is 4.98 Å². The monoisotopic (exact) mass is 214 g/mol. The number of rotatable bonds is 1. The molecule has 3 N–H and O–H groups in total. The minimum atomic E-state index is 0.658. The number of hydrogen-bond donors (Lipinski definition) is 2. The fourth-order valence-electron chi connectivity index (χ4n) is 2.40. The summed E-state index contributed by atoms with van der Waals surface area (Å²) in [6.07, 6.45) is 6.29. The van der Waals surface area contributed by atoms with Crippen molar-refractivity contribution in [2.45, 2.75) is 6.92 Å². The van der Waals surface area contributed by atoms with Crippen LogP contribution in [0.3, 0.4) is 0 Å². The second kappa shape index (κ2) is 3.76. The lowest BCUT2D eigenvalue weighted by Gasteiger charge is -2.15. The Morgan fingerprint density at radius 3 is 3.31 bits per heavy atom. The van der Waals surface area contributed by atoms with Crippen LogP contribution in [0, 0.1) is 5.92 Å². The van der Waals surface area contributed by atoms with E-state index in [1.165, 1.54) is 23.1 Å². The highest BCUT2D eigenvalue weighted by molar-refractivity contribution is 5.90. The van der Waals surface area contributed by atoms with Crippen LogP contribution in [-0.4, -0.2) is 23.1 Å². The molecule has 1 atom stereocenters. The first-order chi connectivity index (χ1) is 7.84. The Bertz CT molecular complexity index is 539. The summed E-state index contributed by atoms with van der Waals surface area (Å²) in [6.45, 7) is 4.54. The van der Waals surface area contributed by atoms with Gasteiger partial charge in [0, 0.05) is 34.8 Å². The Morgan fingerprint density at radius 2 is 2.44 bits per heavy atom. The summed E-state index contributed by atoms with van der Waals surface area (Å²) < 4.78 is 0. The molecule has 0 bridgehead atoms. The maximum Gasteiger partial charge on any atom is 0.137 e. The zero-order valence-electron chi connectivity index (χ0n) is 9.40. The van der Waals surface area contributed by atoms with Crippen LogP contribution in [0.25, 0.3) is 16.6 Å². The van der Waals surface area contributed by atoms with Crippen molar-refractivity contribution in [3.8, 4) is 0 Å². The molecule has 3 rings (SSSR count). The summed E-state index contributed by atoms with van der Waals surface area (Å²) in [4.78, 5) is 7.56. The summed E-state index contributed by atoms with van der Waals surface area (Å²) in [7, 11) is 0. The molecule has 0 radical (unpaired) electrons. The van der Waals surface area contributed by atoms with Crippen LogP contribution in [0.5, 0.6) is 0 Å². The number of nitrogens with one attached hydrogen (secondary N) is 1. The van der Waals surface area contributed by atoms with Crippen molar-refractivity contribution in [3.05, 3.63) is 36.2 Å². The second-order valence-electron chi connectivity index (χ2n) is 4.50. The number of nitrogens with zero attached hydrogens (tertiary/aromatic N) is 1. The van der Waals surface area contributed by atoms with Crippen LogP contribution in [0.4, 0.5) is 0 Å². The highest BCUT2D eigenvalue weighted by Crippen LogP contribution is 2.24. The van der Waals surface area contributed by atoms with Crippen molar-refractivity contribution in [1.82, 2.24) is 9.97 Å². The first kappa shape index (κ1) is 9.60. The van der Waals surface area contributed by atoms with Crippen LogP contribution in [0.15, 0.2) is 30.6 Å². The van der Waals surface area contributed by atoms with Crippen LogP contribution in [0.2, 0.25) is 0 Å². The predicted octanol–water partition coefficient (Wildman–Crippen LogP) is 1.16. The van der Waals surface area contributed by atoms with Crippen molar-refractivity contribution in [3.63, 3.8) is 0 Å². The molecule has 16 heavy (non-hydrogen) atoms. The van der Waals surface area contributed by atoms with Gasteiger partial charge in [-0.3, -0.25) is 0 Å². The van der Waals surface area contributed by atoms with Gasteiger partial charge in [-0.2, -0.15) is 0 Å². The summed E-state index contributed by atoms with van der Waals surface area (Å²) in [5, 5.41) is 3.60. The Balaban J connectivity index is 2.12. The third-order valence-electron chi connectivity index (χ3n) is 3.19. The van der Waals surface area contributed by atoms with Gasteiger partial charge in [-0.05, 0) is 12.1 Å². The summed E-state index contributed by atoms with van der Waals surface area (Å²) in [6, 6.07) is 4.13. The molecule has 0 spiro atoms. The fraction of sp³-hybridized carbons (Fsp3) is 0.308. The molecule has 0 fully saturated rings. The van der Waals surface area contributed by atoms with E-state index < -0.39 is 0 Å². The molecule has 0 aromatic carbocycles. The van der Waals surface area contributed by atoms with Crippen LogP contribution < -0.4 is 5.32 Å². The largest absolute Gasteiger partial charge is 0.346 e. The van der Waals surface area contributed by atoms with Crippen molar-refractivity contribution < 1.29 is 5.32 Å². The highest BCUT2D eigenvalue weighted by Gasteiger charge is 2.16. The van der Waals surface area contributed by atoms with E-state index in [4.69, 9.17) is 0 Å². The molecule has 0 aliphatic carbocycles. The molecule has 3 nitrogen and oxygen atoms in total. The topological polar surface area (TPSA) is 45.3 Å². The van der Waals surface area contributed by atoms with E-state index in [-0.39, 0.29) is 0 Å². The van der Waals surface area contributed by atoms with Crippen LogP contribution in [-0.2, 0) is 0 Å². The van der Waals surface area contributed by atoms with Gasteiger partial charge in [0.05, 0.1) is 6.54 Å². The van der Waals surface area contributed by atoms with E-state index in [1.54, 1.807) is 0 Å². The molecule has 1 aliphatic rings. The number of pyridine rings is 1. The number of fused-ring (bicyclic) bond motifs is 1. The molecular formula is C13H16N3+. The average molecular weight is 214 g/mol. The number of aromatic nitrogens is 2. The number of aromatic amines is 1. The summed E-state index contributed by atoms with van der Waals surface area (Å²) >= 11 is 0. The van der Waals surface area contributed by atoms with E-state index in [9.17, 15) is 0 Å². The second-order valence-corrected chi connectivity index (χ2v) is 4.50. The van der Waals surface area contributed by atoms with Crippen molar-refractivity contribution >= 4 is 16.6 Å². The van der Waals surface area contributed by atoms with Gasteiger partial charge < -0.3 is 10.3 Å². The van der Waals surface area contributed by atoms with Gasteiger partial charge in [0.1, 0.15) is 12.2 Å². The number of hydrogen-bond acceptors (Lipinski definition) is 1. The van der Waals surface area contributed by atoms with Gasteiger partial charge in [0.25, 0.3) is 0 Å². The third-order valence-corrected chi connectivity index (χ3v) is 3.19. The van der Waals surface area contributed by atoms with Crippen LogP contribution in [0.1, 0.15) is 12.5 Å². The third kappa shape index (κ3) is 1.53. The zero-order valence-corrected chi connectivity index (χ0v) is 9.40. The lowest BCUT2D eigenvalue weighted by molar-refractivity contribution is -0.650. The molecule has 82 valence electrons. The van der Waals surface area contributed by atoms with Gasteiger partial charge in [0.2, 0.25) is 0 Å². The van der Waals surface area contributed by atoms with Crippen LogP contribution >= 0.6 is 0 Å². The van der Waals surface area contributed by atoms with E-state index in [0.29, 0.717) is 5.92 Å². The number of quaternary nitrogens is 1. The minimum Gasteiger partial charge on any atom is -0.346 e. The zero-order chi connectivity index (χ0) is 11.0. The number of H-pyrrole nitrogens is 1. The highest BCUT2D eigenvalue weighted by atomic mass is 14.9. The minimum absolute atomic E-state index is 0.658. The quantitative estimate of drug-likeness (QED) is 0.735. The van der Waals surface area contributed by atoms with Gasteiger partial charge in [0.15, 0.2) is 0 Å².